The summed E-state index contributed by atoms with van der Waals surface area (Å²) in [5.41, 5.74) is 0.607. The van der Waals surface area contributed by atoms with Crippen LogP contribution in [0.4, 0.5) is 0 Å². The maximum atomic E-state index is 12.2. The summed E-state index contributed by atoms with van der Waals surface area (Å²) in [5.74, 6) is 1.34. The number of furan rings is 1. The van der Waals surface area contributed by atoms with E-state index in [0.29, 0.717) is 23.0 Å². The molecule has 0 atom stereocenters. The summed E-state index contributed by atoms with van der Waals surface area (Å²) in [5, 5.41) is 5.43. The monoisotopic (exact) mass is 325 g/mol. The normalized spacial score (nSPS) is 11.9. The average Bonchev–Trinajstić information content (AvgIpc) is 3.17. The van der Waals surface area contributed by atoms with Crippen LogP contribution in [-0.4, -0.2) is 18.6 Å². The lowest BCUT2D eigenvalue weighted by molar-refractivity contribution is 0.394. The van der Waals surface area contributed by atoms with Crippen LogP contribution in [0.1, 0.15) is 11.7 Å². The van der Waals surface area contributed by atoms with Gasteiger partial charge in [0.05, 0.1) is 12.8 Å². The summed E-state index contributed by atoms with van der Waals surface area (Å²) in [6.07, 6.45) is 1.49. The number of rotatable bonds is 5. The molecule has 0 aliphatic heterocycles. The van der Waals surface area contributed by atoms with Crippen molar-refractivity contribution < 1.29 is 17.4 Å². The minimum Gasteiger partial charge on any atom is -0.468 e. The van der Waals surface area contributed by atoms with Gasteiger partial charge in [-0.1, -0.05) is 5.16 Å². The highest BCUT2D eigenvalue weighted by molar-refractivity contribution is 7.91. The minimum absolute atomic E-state index is 0.101. The Hall–Kier alpha value is -1.97. The second-order valence-electron chi connectivity index (χ2n) is 4.20. The fourth-order valence-corrected chi connectivity index (χ4v) is 3.84. The van der Waals surface area contributed by atoms with Crippen LogP contribution in [-0.2, 0) is 16.6 Å². The predicted molar refractivity (Wildman–Crippen MR) is 75.1 cm³/mol. The number of aryl methyl sites for hydroxylation is 1. The Balaban J connectivity index is 1.78. The molecule has 0 bridgehead atoms. The topological polar surface area (TPSA) is 98.2 Å². The molecule has 0 aliphatic carbocycles. The molecule has 0 saturated carbocycles. The van der Waals surface area contributed by atoms with Crippen LogP contribution in [0.15, 0.2) is 43.0 Å². The Bertz CT molecular complexity index is 834. The number of nitrogens with zero attached hydrogens (tertiary/aromatic N) is 2. The van der Waals surface area contributed by atoms with Crippen LogP contribution in [0.2, 0.25) is 0 Å². The second kappa shape index (κ2) is 5.43. The van der Waals surface area contributed by atoms with Crippen molar-refractivity contribution in [3.8, 4) is 11.4 Å². The van der Waals surface area contributed by atoms with E-state index in [2.05, 4.69) is 14.9 Å². The van der Waals surface area contributed by atoms with E-state index < -0.39 is 10.0 Å². The summed E-state index contributed by atoms with van der Waals surface area (Å²) in [4.78, 5) is 4.06. The largest absolute Gasteiger partial charge is 0.468 e. The highest BCUT2D eigenvalue weighted by Gasteiger charge is 2.19. The fraction of sp³-hybridized carbons (Fsp3) is 0.167. The zero-order chi connectivity index (χ0) is 14.9. The summed E-state index contributed by atoms with van der Waals surface area (Å²) in [6, 6.07) is 4.91. The van der Waals surface area contributed by atoms with Crippen LogP contribution in [0.3, 0.4) is 0 Å². The molecule has 21 heavy (non-hydrogen) atoms. The molecule has 7 nitrogen and oxygen atoms in total. The lowest BCUT2D eigenvalue weighted by Gasteiger charge is -2.01. The zero-order valence-electron chi connectivity index (χ0n) is 10.9. The van der Waals surface area contributed by atoms with Crippen molar-refractivity contribution in [1.82, 2.24) is 14.9 Å². The van der Waals surface area contributed by atoms with E-state index in [1.807, 2.05) is 0 Å². The van der Waals surface area contributed by atoms with E-state index >= 15 is 0 Å². The van der Waals surface area contributed by atoms with Crippen LogP contribution in [0, 0.1) is 6.92 Å². The van der Waals surface area contributed by atoms with Crippen LogP contribution >= 0.6 is 11.3 Å². The fourth-order valence-electron chi connectivity index (χ4n) is 1.64. The van der Waals surface area contributed by atoms with Crippen LogP contribution < -0.4 is 4.72 Å². The third-order valence-corrected chi connectivity index (χ3v) is 5.48. The van der Waals surface area contributed by atoms with E-state index in [1.165, 1.54) is 12.3 Å². The molecule has 3 heterocycles. The van der Waals surface area contributed by atoms with Gasteiger partial charge in [-0.2, -0.15) is 4.98 Å². The molecule has 0 amide bonds. The number of hydrogen-bond acceptors (Lipinski definition) is 7. The van der Waals surface area contributed by atoms with Gasteiger partial charge < -0.3 is 8.94 Å². The molecule has 3 aromatic rings. The van der Waals surface area contributed by atoms with Crippen molar-refractivity contribution in [2.45, 2.75) is 17.7 Å². The maximum absolute atomic E-state index is 12.2. The van der Waals surface area contributed by atoms with Gasteiger partial charge in [0, 0.05) is 17.9 Å². The quantitative estimate of drug-likeness (QED) is 0.772. The SMILES string of the molecule is Cc1nc(-c2csc(S(=O)(=O)NCc3ccco3)c2)no1. The summed E-state index contributed by atoms with van der Waals surface area (Å²) < 4.78 is 37.0. The van der Waals surface area contributed by atoms with Gasteiger partial charge in [-0.15, -0.1) is 11.3 Å². The van der Waals surface area contributed by atoms with Gasteiger partial charge in [-0.3, -0.25) is 0 Å². The van der Waals surface area contributed by atoms with Gasteiger partial charge in [-0.05, 0) is 18.2 Å². The van der Waals surface area contributed by atoms with Crippen molar-refractivity contribution in [3.05, 3.63) is 41.5 Å². The van der Waals surface area contributed by atoms with Gasteiger partial charge in [0.1, 0.15) is 9.97 Å². The first-order valence-electron chi connectivity index (χ1n) is 5.96. The van der Waals surface area contributed by atoms with Crippen LogP contribution in [0.25, 0.3) is 11.4 Å². The molecule has 0 unspecified atom stereocenters. The minimum atomic E-state index is -3.59. The van der Waals surface area contributed by atoms with Crippen molar-refractivity contribution in [1.29, 1.82) is 0 Å². The lowest BCUT2D eigenvalue weighted by atomic mass is 10.3. The first-order valence-corrected chi connectivity index (χ1v) is 8.32. The van der Waals surface area contributed by atoms with Crippen molar-refractivity contribution in [3.63, 3.8) is 0 Å². The Kier molecular flexibility index (Phi) is 3.62. The maximum Gasteiger partial charge on any atom is 0.250 e. The molecule has 9 heteroatoms. The van der Waals surface area contributed by atoms with Crippen molar-refractivity contribution in [2.75, 3.05) is 0 Å². The van der Waals surface area contributed by atoms with Gasteiger partial charge in [0.2, 0.25) is 21.7 Å². The molecule has 0 saturated heterocycles. The Morgan fingerprint density at radius 1 is 1.43 bits per heavy atom. The highest BCUT2D eigenvalue weighted by atomic mass is 32.2. The molecule has 0 aromatic carbocycles. The molecule has 110 valence electrons. The number of thiophene rings is 1. The molecule has 0 spiro atoms. The Morgan fingerprint density at radius 3 is 2.95 bits per heavy atom. The lowest BCUT2D eigenvalue weighted by Crippen LogP contribution is -2.22. The van der Waals surface area contributed by atoms with Crippen molar-refractivity contribution in [2.24, 2.45) is 0 Å². The number of nitrogens with one attached hydrogen (secondary N) is 1. The third-order valence-electron chi connectivity index (χ3n) is 2.64. The highest BCUT2D eigenvalue weighted by Crippen LogP contribution is 2.26. The summed E-state index contributed by atoms with van der Waals surface area (Å²) >= 11 is 1.10. The molecule has 3 aromatic heterocycles. The molecule has 0 fully saturated rings. The third kappa shape index (κ3) is 3.04. The Morgan fingerprint density at radius 2 is 2.29 bits per heavy atom. The number of aromatic nitrogens is 2. The van der Waals surface area contributed by atoms with Crippen LogP contribution in [0.5, 0.6) is 0 Å². The molecule has 1 N–H and O–H groups in total. The summed E-state index contributed by atoms with van der Waals surface area (Å²) in [6.45, 7) is 1.77. The second-order valence-corrected chi connectivity index (χ2v) is 7.10. The first-order chi connectivity index (χ1) is 10.0. The predicted octanol–water partition coefficient (Wildman–Crippen LogP) is 2.18. The average molecular weight is 325 g/mol. The van der Waals surface area contributed by atoms with E-state index in [1.54, 1.807) is 24.4 Å². The number of sulfonamides is 1. The molecule has 0 radical (unpaired) electrons. The van der Waals surface area contributed by atoms with E-state index in [0.717, 1.165) is 11.3 Å². The summed E-state index contributed by atoms with van der Waals surface area (Å²) in [7, 11) is -3.59. The molecular formula is C12H11N3O4S2. The molecule has 0 aliphatic rings. The van der Waals surface area contributed by atoms with Crippen molar-refractivity contribution >= 4 is 21.4 Å². The molecular weight excluding hydrogens is 314 g/mol. The van der Waals surface area contributed by atoms with Gasteiger partial charge in [-0.25, -0.2) is 13.1 Å². The first kappa shape index (κ1) is 14.0. The zero-order valence-corrected chi connectivity index (χ0v) is 12.6. The Labute approximate surface area is 124 Å². The van der Waals surface area contributed by atoms with E-state index in [9.17, 15) is 8.42 Å². The van der Waals surface area contributed by atoms with E-state index in [4.69, 9.17) is 8.94 Å². The van der Waals surface area contributed by atoms with Gasteiger partial charge >= 0.3 is 0 Å². The number of hydrogen-bond donors (Lipinski definition) is 1. The smallest absolute Gasteiger partial charge is 0.250 e. The van der Waals surface area contributed by atoms with Gasteiger partial charge in [0.15, 0.2) is 0 Å². The standard InChI is InChI=1S/C12H11N3O4S2/c1-8-14-12(15-19-8)9-5-11(20-7-9)21(16,17)13-6-10-3-2-4-18-10/h2-5,7,13H,6H2,1H3. The molecule has 3 rings (SSSR count). The van der Waals surface area contributed by atoms with E-state index in [-0.39, 0.29) is 10.8 Å². The van der Waals surface area contributed by atoms with Gasteiger partial charge in [0.25, 0.3) is 0 Å².